The molecule has 104 valence electrons. The molecule has 0 fully saturated rings. The molecule has 20 heavy (non-hydrogen) atoms. The summed E-state index contributed by atoms with van der Waals surface area (Å²) in [6, 6.07) is 8.52. The summed E-state index contributed by atoms with van der Waals surface area (Å²) in [5.41, 5.74) is 9.80. The number of rotatable bonds is 3. The van der Waals surface area contributed by atoms with Gasteiger partial charge in [0.15, 0.2) is 5.82 Å². The van der Waals surface area contributed by atoms with E-state index in [0.717, 1.165) is 28.1 Å². The number of aromatic nitrogens is 4. The molecular formula is C15H19N5. The lowest BCUT2D eigenvalue weighted by Crippen LogP contribution is -2.04. The molecule has 2 heterocycles. The Morgan fingerprint density at radius 1 is 1.25 bits per heavy atom. The van der Waals surface area contributed by atoms with E-state index >= 15 is 0 Å². The second kappa shape index (κ2) is 4.76. The van der Waals surface area contributed by atoms with Crippen LogP contribution in [0.15, 0.2) is 30.5 Å². The number of imidazole rings is 1. The summed E-state index contributed by atoms with van der Waals surface area (Å²) < 4.78 is 4.02. The fourth-order valence-corrected chi connectivity index (χ4v) is 2.51. The van der Waals surface area contributed by atoms with Crippen LogP contribution in [0.4, 0.5) is 0 Å². The van der Waals surface area contributed by atoms with Gasteiger partial charge in [0.1, 0.15) is 5.69 Å². The van der Waals surface area contributed by atoms with Crippen molar-refractivity contribution < 1.29 is 0 Å². The van der Waals surface area contributed by atoms with Gasteiger partial charge in [-0.25, -0.2) is 4.98 Å². The van der Waals surface area contributed by atoms with Crippen LogP contribution < -0.4 is 5.73 Å². The molecule has 0 bridgehead atoms. The van der Waals surface area contributed by atoms with E-state index in [2.05, 4.69) is 41.7 Å². The highest BCUT2D eigenvalue weighted by molar-refractivity contribution is 5.81. The van der Waals surface area contributed by atoms with Crippen molar-refractivity contribution in [2.24, 2.45) is 12.8 Å². The molecule has 0 atom stereocenters. The van der Waals surface area contributed by atoms with Gasteiger partial charge >= 0.3 is 0 Å². The topological polar surface area (TPSA) is 61.7 Å². The zero-order valence-electron chi connectivity index (χ0n) is 12.0. The normalized spacial score (nSPS) is 11.7. The third-order valence-corrected chi connectivity index (χ3v) is 3.45. The molecule has 1 aromatic carbocycles. The lowest BCUT2D eigenvalue weighted by Gasteiger charge is -2.11. The summed E-state index contributed by atoms with van der Waals surface area (Å²) in [5.74, 6) is 0.907. The Labute approximate surface area is 118 Å². The van der Waals surface area contributed by atoms with Crippen LogP contribution in [0.25, 0.3) is 22.6 Å². The van der Waals surface area contributed by atoms with Gasteiger partial charge < -0.3 is 10.3 Å². The Bertz CT molecular complexity index is 751. The second-order valence-corrected chi connectivity index (χ2v) is 5.30. The number of hydrogen-bond donors (Lipinski definition) is 1. The fourth-order valence-electron chi connectivity index (χ4n) is 2.51. The number of aryl methyl sites for hydroxylation is 1. The van der Waals surface area contributed by atoms with Crippen molar-refractivity contribution in [2.75, 3.05) is 0 Å². The minimum Gasteiger partial charge on any atom is -0.326 e. The quantitative estimate of drug-likeness (QED) is 0.794. The minimum absolute atomic E-state index is 0.320. The van der Waals surface area contributed by atoms with Gasteiger partial charge in [-0.1, -0.05) is 6.07 Å². The number of fused-ring (bicyclic) bond motifs is 1. The Morgan fingerprint density at radius 3 is 2.65 bits per heavy atom. The maximum Gasteiger partial charge on any atom is 0.161 e. The van der Waals surface area contributed by atoms with Gasteiger partial charge in [-0.05, 0) is 37.6 Å². The number of hydrogen-bond acceptors (Lipinski definition) is 3. The maximum absolute atomic E-state index is 5.71. The summed E-state index contributed by atoms with van der Waals surface area (Å²) >= 11 is 0. The fraction of sp³-hybridized carbons (Fsp3) is 0.333. The molecule has 0 unspecified atom stereocenters. The average Bonchev–Trinajstić information content (AvgIpc) is 3.00. The van der Waals surface area contributed by atoms with E-state index in [0.29, 0.717) is 12.6 Å². The van der Waals surface area contributed by atoms with Crippen molar-refractivity contribution in [3.8, 4) is 11.5 Å². The van der Waals surface area contributed by atoms with Gasteiger partial charge in [0.2, 0.25) is 0 Å². The first-order valence-electron chi connectivity index (χ1n) is 6.81. The molecular weight excluding hydrogens is 250 g/mol. The second-order valence-electron chi connectivity index (χ2n) is 5.30. The molecule has 0 saturated carbocycles. The summed E-state index contributed by atoms with van der Waals surface area (Å²) in [4.78, 5) is 4.76. The Hall–Kier alpha value is -2.14. The number of benzene rings is 1. The highest BCUT2D eigenvalue weighted by Crippen LogP contribution is 2.27. The van der Waals surface area contributed by atoms with Gasteiger partial charge in [0.05, 0.1) is 11.0 Å². The standard InChI is InChI=1S/C15H19N5/c1-10(2)20-14-5-4-11(9-16)8-13(14)17-15(20)12-6-7-19(3)18-12/h4-8,10H,9,16H2,1-3H3. The highest BCUT2D eigenvalue weighted by atomic mass is 15.3. The minimum atomic E-state index is 0.320. The number of nitrogens with zero attached hydrogens (tertiary/aromatic N) is 4. The molecule has 0 saturated heterocycles. The van der Waals surface area contributed by atoms with Crippen LogP contribution in [0.1, 0.15) is 25.5 Å². The summed E-state index contributed by atoms with van der Waals surface area (Å²) in [7, 11) is 1.92. The molecule has 0 aliphatic carbocycles. The molecule has 0 aliphatic rings. The molecule has 0 radical (unpaired) electrons. The molecule has 3 rings (SSSR count). The third-order valence-electron chi connectivity index (χ3n) is 3.45. The third kappa shape index (κ3) is 2.00. The van der Waals surface area contributed by atoms with Crippen molar-refractivity contribution in [3.05, 3.63) is 36.0 Å². The predicted molar refractivity (Wildman–Crippen MR) is 80.2 cm³/mol. The van der Waals surface area contributed by atoms with Crippen molar-refractivity contribution in [2.45, 2.75) is 26.4 Å². The van der Waals surface area contributed by atoms with Gasteiger partial charge in [0, 0.05) is 25.8 Å². The summed E-state index contributed by atoms with van der Waals surface area (Å²) in [5, 5.41) is 4.47. The Morgan fingerprint density at radius 2 is 2.05 bits per heavy atom. The Balaban J connectivity index is 2.27. The summed E-state index contributed by atoms with van der Waals surface area (Å²) in [6.07, 6.45) is 1.94. The molecule has 2 N–H and O–H groups in total. The molecule has 3 aromatic rings. The SMILES string of the molecule is CC(C)n1c(-c2ccn(C)n2)nc2cc(CN)ccc21. The van der Waals surface area contributed by atoms with Crippen molar-refractivity contribution >= 4 is 11.0 Å². The van der Waals surface area contributed by atoms with Crippen LogP contribution in [-0.4, -0.2) is 19.3 Å². The predicted octanol–water partition coefficient (Wildman–Crippen LogP) is 2.48. The highest BCUT2D eigenvalue weighted by Gasteiger charge is 2.16. The van der Waals surface area contributed by atoms with Crippen LogP contribution in [0.5, 0.6) is 0 Å². The zero-order valence-corrected chi connectivity index (χ0v) is 12.0. The summed E-state index contributed by atoms with van der Waals surface area (Å²) in [6.45, 7) is 4.85. The maximum atomic E-state index is 5.71. The van der Waals surface area contributed by atoms with E-state index in [9.17, 15) is 0 Å². The van der Waals surface area contributed by atoms with E-state index in [4.69, 9.17) is 10.7 Å². The van der Waals surface area contributed by atoms with E-state index in [1.165, 1.54) is 0 Å². The van der Waals surface area contributed by atoms with E-state index in [1.54, 1.807) is 4.68 Å². The molecule has 0 spiro atoms. The number of nitrogens with two attached hydrogens (primary N) is 1. The van der Waals surface area contributed by atoms with Gasteiger partial charge in [-0.2, -0.15) is 5.10 Å². The van der Waals surface area contributed by atoms with Gasteiger partial charge in [-0.3, -0.25) is 4.68 Å². The average molecular weight is 269 g/mol. The van der Waals surface area contributed by atoms with Crippen LogP contribution in [-0.2, 0) is 13.6 Å². The van der Waals surface area contributed by atoms with Crippen LogP contribution in [0.3, 0.4) is 0 Å². The smallest absolute Gasteiger partial charge is 0.161 e. The van der Waals surface area contributed by atoms with E-state index in [1.807, 2.05) is 19.3 Å². The van der Waals surface area contributed by atoms with Crippen LogP contribution >= 0.6 is 0 Å². The van der Waals surface area contributed by atoms with Crippen molar-refractivity contribution in [3.63, 3.8) is 0 Å². The largest absolute Gasteiger partial charge is 0.326 e. The van der Waals surface area contributed by atoms with Crippen molar-refractivity contribution in [1.82, 2.24) is 19.3 Å². The molecule has 2 aromatic heterocycles. The lowest BCUT2D eigenvalue weighted by atomic mass is 10.2. The first-order chi connectivity index (χ1) is 9.60. The van der Waals surface area contributed by atoms with Gasteiger partial charge in [-0.15, -0.1) is 0 Å². The first-order valence-corrected chi connectivity index (χ1v) is 6.81. The first kappa shape index (κ1) is 12.9. The molecule has 0 amide bonds. The lowest BCUT2D eigenvalue weighted by molar-refractivity contribution is 0.621. The molecule has 5 heteroatoms. The monoisotopic (exact) mass is 269 g/mol. The van der Waals surface area contributed by atoms with Gasteiger partial charge in [0.25, 0.3) is 0 Å². The molecule has 5 nitrogen and oxygen atoms in total. The van der Waals surface area contributed by atoms with E-state index < -0.39 is 0 Å². The van der Waals surface area contributed by atoms with Crippen LogP contribution in [0.2, 0.25) is 0 Å². The Kier molecular flexibility index (Phi) is 3.06. The van der Waals surface area contributed by atoms with E-state index in [-0.39, 0.29) is 0 Å². The van der Waals surface area contributed by atoms with Crippen molar-refractivity contribution in [1.29, 1.82) is 0 Å². The molecule has 0 aliphatic heterocycles. The van der Waals surface area contributed by atoms with Crippen LogP contribution in [0, 0.1) is 0 Å². The zero-order chi connectivity index (χ0) is 14.3.